The van der Waals surface area contributed by atoms with E-state index in [0.29, 0.717) is 11.8 Å². The molecule has 0 aliphatic heterocycles. The van der Waals surface area contributed by atoms with Crippen LogP contribution in [0.4, 0.5) is 0 Å². The van der Waals surface area contributed by atoms with E-state index in [4.69, 9.17) is 4.98 Å². The van der Waals surface area contributed by atoms with Crippen LogP contribution in [-0.2, 0) is 0 Å². The molecule has 2 heteroatoms. The Kier molecular flexibility index (Phi) is 5.31. The number of fused-ring (bicyclic) bond motifs is 1. The molecule has 4 aromatic rings. The van der Waals surface area contributed by atoms with Crippen LogP contribution in [0.25, 0.3) is 31.9 Å². The van der Waals surface area contributed by atoms with Crippen molar-refractivity contribution < 1.29 is 0 Å². The van der Waals surface area contributed by atoms with Crippen molar-refractivity contribution in [2.45, 2.75) is 53.4 Å². The molecule has 4 rings (SSSR count). The summed E-state index contributed by atoms with van der Waals surface area (Å²) in [5.41, 5.74) is 8.94. The van der Waals surface area contributed by atoms with Gasteiger partial charge in [-0.15, -0.1) is 11.3 Å². The number of nitrogens with zero attached hydrogens (tertiary/aromatic N) is 1. The Morgan fingerprint density at radius 3 is 1.90 bits per heavy atom. The van der Waals surface area contributed by atoms with Gasteiger partial charge in [-0.25, -0.2) is 4.98 Å². The minimum absolute atomic E-state index is 0.524. The predicted octanol–water partition coefficient (Wildman–Crippen LogP) is 8.49. The zero-order valence-corrected chi connectivity index (χ0v) is 19.0. The lowest BCUT2D eigenvalue weighted by atomic mass is 9.93. The van der Waals surface area contributed by atoms with Gasteiger partial charge in [-0.05, 0) is 72.7 Å². The molecule has 0 aliphatic carbocycles. The molecule has 0 N–H and O–H groups in total. The Hall–Kier alpha value is -2.45. The molecule has 0 spiro atoms. The van der Waals surface area contributed by atoms with Crippen LogP contribution in [0.5, 0.6) is 0 Å². The second-order valence-corrected chi connectivity index (χ2v) is 9.81. The van der Waals surface area contributed by atoms with Crippen LogP contribution >= 0.6 is 11.3 Å². The molecule has 0 aliphatic rings. The van der Waals surface area contributed by atoms with Gasteiger partial charge in [0.25, 0.3) is 0 Å². The van der Waals surface area contributed by atoms with Gasteiger partial charge in [-0.2, -0.15) is 0 Å². The van der Waals surface area contributed by atoms with Crippen molar-refractivity contribution in [2.24, 2.45) is 0 Å². The monoisotopic (exact) mass is 399 g/mol. The second kappa shape index (κ2) is 7.76. The third-order valence-electron chi connectivity index (χ3n) is 5.50. The van der Waals surface area contributed by atoms with E-state index in [9.17, 15) is 0 Å². The average molecular weight is 400 g/mol. The smallest absolute Gasteiger partial charge is 0.124 e. The minimum Gasteiger partial charge on any atom is -0.237 e. The molecule has 1 nitrogen and oxygen atoms in total. The van der Waals surface area contributed by atoms with Gasteiger partial charge in [0.1, 0.15) is 4.83 Å². The Morgan fingerprint density at radius 1 is 0.690 bits per heavy atom. The maximum absolute atomic E-state index is 5.01. The van der Waals surface area contributed by atoms with Crippen LogP contribution in [-0.4, -0.2) is 4.98 Å². The molecule has 0 saturated heterocycles. The fraction of sp³-hybridized carbons (Fsp3) is 0.296. The van der Waals surface area contributed by atoms with Gasteiger partial charge in [0.2, 0.25) is 0 Å². The van der Waals surface area contributed by atoms with E-state index in [1.54, 1.807) is 11.3 Å². The topological polar surface area (TPSA) is 12.9 Å². The highest BCUT2D eigenvalue weighted by Gasteiger charge is 2.12. The first-order chi connectivity index (χ1) is 13.8. The molecular formula is C27H29NS. The zero-order chi connectivity index (χ0) is 20.7. The molecule has 2 heterocycles. The Morgan fingerprint density at radius 2 is 1.31 bits per heavy atom. The Bertz CT molecular complexity index is 1130. The molecule has 2 aromatic heterocycles. The summed E-state index contributed by atoms with van der Waals surface area (Å²) in [7, 11) is 0. The van der Waals surface area contributed by atoms with Gasteiger partial charge in [-0.1, -0.05) is 63.1 Å². The van der Waals surface area contributed by atoms with Crippen molar-refractivity contribution in [1.29, 1.82) is 0 Å². The normalized spacial score (nSPS) is 11.7. The fourth-order valence-electron chi connectivity index (χ4n) is 3.83. The summed E-state index contributed by atoms with van der Waals surface area (Å²) in [4.78, 5) is 7.42. The van der Waals surface area contributed by atoms with Crippen LogP contribution in [0.15, 0.2) is 54.6 Å². The largest absolute Gasteiger partial charge is 0.237 e. The average Bonchev–Trinajstić information content (AvgIpc) is 3.10. The molecule has 0 saturated carbocycles. The summed E-state index contributed by atoms with van der Waals surface area (Å²) in [6.07, 6.45) is 0. The second-order valence-electron chi connectivity index (χ2n) is 8.78. The number of pyridine rings is 1. The number of aromatic nitrogens is 1. The number of hydrogen-bond acceptors (Lipinski definition) is 2. The summed E-state index contributed by atoms with van der Waals surface area (Å²) < 4.78 is 0. The molecule has 0 bridgehead atoms. The molecule has 0 fully saturated rings. The van der Waals surface area contributed by atoms with Crippen molar-refractivity contribution in [1.82, 2.24) is 4.98 Å². The van der Waals surface area contributed by atoms with Crippen molar-refractivity contribution in [3.05, 3.63) is 76.9 Å². The number of aryl methyl sites for hydroxylation is 2. The molecule has 0 radical (unpaired) electrons. The summed E-state index contributed by atoms with van der Waals surface area (Å²) in [5.74, 6) is 1.05. The Balaban J connectivity index is 1.80. The van der Waals surface area contributed by atoms with E-state index in [2.05, 4.69) is 96.1 Å². The van der Waals surface area contributed by atoms with Crippen molar-refractivity contribution in [3.63, 3.8) is 0 Å². The maximum Gasteiger partial charge on any atom is 0.124 e. The first-order valence-corrected chi connectivity index (χ1v) is 11.3. The van der Waals surface area contributed by atoms with Gasteiger partial charge in [0.05, 0.1) is 5.69 Å². The SMILES string of the molecule is Cc1cc(C)cc(-c2ccc3cc(-c4cc(C(C)C)cc(C(C)C)c4)sc3n2)c1. The van der Waals surface area contributed by atoms with Gasteiger partial charge in [-0.3, -0.25) is 0 Å². The van der Waals surface area contributed by atoms with Crippen LogP contribution in [0.1, 0.15) is 61.8 Å². The Labute approximate surface area is 178 Å². The highest BCUT2D eigenvalue weighted by atomic mass is 32.1. The van der Waals surface area contributed by atoms with Gasteiger partial charge >= 0.3 is 0 Å². The minimum atomic E-state index is 0.524. The third kappa shape index (κ3) is 4.13. The van der Waals surface area contributed by atoms with Crippen LogP contribution < -0.4 is 0 Å². The molecule has 2 aromatic carbocycles. The third-order valence-corrected chi connectivity index (χ3v) is 6.59. The first kappa shape index (κ1) is 19.8. The summed E-state index contributed by atoms with van der Waals surface area (Å²) in [6.45, 7) is 13.4. The summed E-state index contributed by atoms with van der Waals surface area (Å²) in [6, 6.07) is 20.4. The van der Waals surface area contributed by atoms with E-state index >= 15 is 0 Å². The predicted molar refractivity (Wildman–Crippen MR) is 128 cm³/mol. The van der Waals surface area contributed by atoms with Crippen LogP contribution in [0, 0.1) is 13.8 Å². The highest BCUT2D eigenvalue weighted by Crippen LogP contribution is 2.37. The van der Waals surface area contributed by atoms with Crippen molar-refractivity contribution in [2.75, 3.05) is 0 Å². The lowest BCUT2D eigenvalue weighted by molar-refractivity contribution is 0.835. The molecule has 0 atom stereocenters. The quantitative estimate of drug-likeness (QED) is 0.335. The van der Waals surface area contributed by atoms with E-state index < -0.39 is 0 Å². The fourth-order valence-corrected chi connectivity index (χ4v) is 4.85. The molecular weight excluding hydrogens is 370 g/mol. The summed E-state index contributed by atoms with van der Waals surface area (Å²) >= 11 is 1.80. The number of benzene rings is 2. The van der Waals surface area contributed by atoms with E-state index in [1.165, 1.54) is 43.6 Å². The van der Waals surface area contributed by atoms with Crippen molar-refractivity contribution >= 4 is 21.6 Å². The number of thiophene rings is 1. The molecule has 29 heavy (non-hydrogen) atoms. The van der Waals surface area contributed by atoms with E-state index in [1.807, 2.05) is 0 Å². The van der Waals surface area contributed by atoms with Crippen LogP contribution in [0.2, 0.25) is 0 Å². The van der Waals surface area contributed by atoms with Gasteiger partial charge < -0.3 is 0 Å². The maximum atomic E-state index is 5.01. The first-order valence-electron chi connectivity index (χ1n) is 10.4. The number of rotatable bonds is 4. The highest BCUT2D eigenvalue weighted by molar-refractivity contribution is 7.21. The van der Waals surface area contributed by atoms with E-state index in [0.717, 1.165) is 10.5 Å². The molecule has 148 valence electrons. The van der Waals surface area contributed by atoms with Crippen molar-refractivity contribution in [3.8, 4) is 21.7 Å². The summed E-state index contributed by atoms with van der Waals surface area (Å²) in [5, 5.41) is 1.22. The lowest BCUT2D eigenvalue weighted by Crippen LogP contribution is -1.94. The standard InChI is InChI=1S/C27H29NS/c1-16(2)21-12-22(17(3)4)14-24(13-21)26-15-20-7-8-25(28-27(20)29-26)23-10-18(5)9-19(6)11-23/h7-17H,1-6H3. The van der Waals surface area contributed by atoms with Gasteiger partial charge in [0.15, 0.2) is 0 Å². The van der Waals surface area contributed by atoms with Crippen LogP contribution in [0.3, 0.4) is 0 Å². The van der Waals surface area contributed by atoms with E-state index in [-0.39, 0.29) is 0 Å². The lowest BCUT2D eigenvalue weighted by Gasteiger charge is -2.13. The molecule has 0 unspecified atom stereocenters. The van der Waals surface area contributed by atoms with Gasteiger partial charge in [0, 0.05) is 15.8 Å². The molecule has 0 amide bonds. The zero-order valence-electron chi connectivity index (χ0n) is 18.2. The number of hydrogen-bond donors (Lipinski definition) is 0.